The van der Waals surface area contributed by atoms with Crippen molar-refractivity contribution in [3.05, 3.63) is 54.0 Å². The Labute approximate surface area is 150 Å². The van der Waals surface area contributed by atoms with Gasteiger partial charge in [0.25, 0.3) is 0 Å². The molecule has 134 valence electrons. The van der Waals surface area contributed by atoms with Crippen molar-refractivity contribution in [3.8, 4) is 0 Å². The van der Waals surface area contributed by atoms with E-state index in [0.29, 0.717) is 25.8 Å². The van der Waals surface area contributed by atoms with Crippen molar-refractivity contribution in [3.63, 3.8) is 0 Å². The lowest BCUT2D eigenvalue weighted by Crippen LogP contribution is -2.42. The molecule has 26 heavy (non-hydrogen) atoms. The monoisotopic (exact) mass is 353 g/mol. The quantitative estimate of drug-likeness (QED) is 0.787. The van der Waals surface area contributed by atoms with E-state index in [1.54, 1.807) is 6.33 Å². The molecule has 0 unspecified atom stereocenters. The topological polar surface area (TPSA) is 66.3 Å². The second-order valence-corrected chi connectivity index (χ2v) is 7.28. The van der Waals surface area contributed by atoms with E-state index in [1.807, 2.05) is 39.9 Å². The number of hydrogen-bond acceptors (Lipinski definition) is 3. The molecule has 0 spiro atoms. The molecule has 1 saturated carbocycles. The number of carbonyl (C=O) groups excluding carboxylic acids is 1. The Morgan fingerprint density at radius 3 is 3.04 bits per heavy atom. The summed E-state index contributed by atoms with van der Waals surface area (Å²) in [6.45, 7) is 0.623. The van der Waals surface area contributed by atoms with E-state index >= 15 is 0 Å². The Hall–Kier alpha value is -2.70. The molecular weight excluding hydrogens is 333 g/mol. The molecule has 1 amide bonds. The molecule has 0 bridgehead atoms. The van der Waals surface area contributed by atoms with Gasteiger partial charge in [0.1, 0.15) is 17.9 Å². The second-order valence-electron chi connectivity index (χ2n) is 7.28. The summed E-state index contributed by atoms with van der Waals surface area (Å²) in [4.78, 5) is 27.2. The SMILES string of the molecule is O=C(CC1CC(F)C1)N1CCc2[nH]cnc2[C@H]1c1cn2ccccc2n1. The Morgan fingerprint density at radius 1 is 1.35 bits per heavy atom. The molecule has 7 heteroatoms. The summed E-state index contributed by atoms with van der Waals surface area (Å²) in [7, 11) is 0. The van der Waals surface area contributed by atoms with E-state index in [4.69, 9.17) is 4.98 Å². The number of imidazole rings is 2. The van der Waals surface area contributed by atoms with Crippen molar-refractivity contribution in [1.29, 1.82) is 0 Å². The number of hydrogen-bond donors (Lipinski definition) is 1. The minimum absolute atomic E-state index is 0.0672. The number of amides is 1. The number of rotatable bonds is 3. The van der Waals surface area contributed by atoms with Gasteiger partial charge in [0.15, 0.2) is 0 Å². The highest BCUT2D eigenvalue weighted by Gasteiger charge is 2.38. The number of aromatic nitrogens is 4. The third-order valence-corrected chi connectivity index (χ3v) is 5.55. The number of H-pyrrole nitrogens is 1. The van der Waals surface area contributed by atoms with Crippen LogP contribution in [-0.2, 0) is 11.2 Å². The first-order valence-electron chi connectivity index (χ1n) is 9.08. The van der Waals surface area contributed by atoms with E-state index in [2.05, 4.69) is 9.97 Å². The van der Waals surface area contributed by atoms with Gasteiger partial charge < -0.3 is 14.3 Å². The van der Waals surface area contributed by atoms with Crippen molar-refractivity contribution >= 4 is 11.6 Å². The van der Waals surface area contributed by atoms with Crippen LogP contribution in [0, 0.1) is 5.92 Å². The molecule has 3 aromatic heterocycles. The first-order valence-corrected chi connectivity index (χ1v) is 9.08. The van der Waals surface area contributed by atoms with Crippen molar-refractivity contribution in [2.45, 2.75) is 37.9 Å². The van der Waals surface area contributed by atoms with Gasteiger partial charge in [-0.05, 0) is 30.9 Å². The highest BCUT2D eigenvalue weighted by molar-refractivity contribution is 5.78. The molecule has 4 heterocycles. The number of alkyl halides is 1. The predicted molar refractivity (Wildman–Crippen MR) is 93.3 cm³/mol. The molecule has 1 atom stereocenters. The smallest absolute Gasteiger partial charge is 0.223 e. The summed E-state index contributed by atoms with van der Waals surface area (Å²) in [6, 6.07) is 5.55. The van der Waals surface area contributed by atoms with Crippen molar-refractivity contribution < 1.29 is 9.18 Å². The highest BCUT2D eigenvalue weighted by Crippen LogP contribution is 2.37. The maximum atomic E-state index is 13.1. The Bertz CT molecular complexity index is 925. The maximum absolute atomic E-state index is 13.1. The van der Waals surface area contributed by atoms with Crippen LogP contribution in [0.5, 0.6) is 0 Å². The van der Waals surface area contributed by atoms with Gasteiger partial charge in [0.05, 0.1) is 17.7 Å². The molecule has 1 aliphatic heterocycles. The zero-order chi connectivity index (χ0) is 17.7. The standard InChI is InChI=1S/C19H20FN5O/c20-13-7-12(8-13)9-17(26)25-6-4-14-18(22-11-21-14)19(25)15-10-24-5-2-1-3-16(24)23-15/h1-3,5,10-13,19H,4,6-9H2,(H,21,22)/t12?,13?,19-/m1/s1. The second kappa shape index (κ2) is 5.93. The molecule has 6 nitrogen and oxygen atoms in total. The van der Waals surface area contributed by atoms with Gasteiger partial charge in [-0.1, -0.05) is 6.07 Å². The van der Waals surface area contributed by atoms with Gasteiger partial charge in [-0.25, -0.2) is 14.4 Å². The zero-order valence-corrected chi connectivity index (χ0v) is 14.3. The van der Waals surface area contributed by atoms with Crippen LogP contribution in [0.3, 0.4) is 0 Å². The molecule has 0 aromatic carbocycles. The fraction of sp³-hybridized carbons (Fsp3) is 0.421. The van der Waals surface area contributed by atoms with Gasteiger partial charge in [-0.15, -0.1) is 0 Å². The number of fused-ring (bicyclic) bond motifs is 2. The lowest BCUT2D eigenvalue weighted by Gasteiger charge is -2.36. The fourth-order valence-electron chi connectivity index (χ4n) is 4.12. The average Bonchev–Trinajstić information content (AvgIpc) is 3.25. The molecule has 1 aliphatic carbocycles. The molecule has 5 rings (SSSR count). The third kappa shape index (κ3) is 2.50. The van der Waals surface area contributed by atoms with E-state index in [9.17, 15) is 9.18 Å². The number of carbonyl (C=O) groups is 1. The van der Waals surface area contributed by atoms with Gasteiger partial charge in [0.2, 0.25) is 5.91 Å². The highest BCUT2D eigenvalue weighted by atomic mass is 19.1. The summed E-state index contributed by atoms with van der Waals surface area (Å²) < 4.78 is 15.1. The number of pyridine rings is 1. The number of aromatic amines is 1. The summed E-state index contributed by atoms with van der Waals surface area (Å²) in [5.74, 6) is 0.234. The molecular formula is C19H20FN5O. The normalized spacial score (nSPS) is 25.1. The summed E-state index contributed by atoms with van der Waals surface area (Å²) in [5.41, 5.74) is 3.58. The number of nitrogens with one attached hydrogen (secondary N) is 1. The van der Waals surface area contributed by atoms with Crippen LogP contribution in [-0.4, -0.2) is 42.9 Å². The van der Waals surface area contributed by atoms with Gasteiger partial charge >= 0.3 is 0 Å². The van der Waals surface area contributed by atoms with Crippen LogP contribution >= 0.6 is 0 Å². The number of halogens is 1. The van der Waals surface area contributed by atoms with Crippen LogP contribution in [0.2, 0.25) is 0 Å². The maximum Gasteiger partial charge on any atom is 0.223 e. The molecule has 0 saturated heterocycles. The van der Waals surface area contributed by atoms with Crippen molar-refractivity contribution in [2.24, 2.45) is 5.92 Å². The van der Waals surface area contributed by atoms with Gasteiger partial charge in [-0.3, -0.25) is 4.79 Å². The lowest BCUT2D eigenvalue weighted by atomic mass is 9.80. The first-order chi connectivity index (χ1) is 12.7. The first kappa shape index (κ1) is 15.5. The molecule has 2 aliphatic rings. The van der Waals surface area contributed by atoms with E-state index in [-0.39, 0.29) is 17.9 Å². The molecule has 1 fully saturated rings. The number of nitrogens with zero attached hydrogens (tertiary/aromatic N) is 4. The minimum Gasteiger partial charge on any atom is -0.348 e. The van der Waals surface area contributed by atoms with Crippen LogP contribution in [0.25, 0.3) is 5.65 Å². The fourth-order valence-corrected chi connectivity index (χ4v) is 4.12. The van der Waals surface area contributed by atoms with Crippen molar-refractivity contribution in [2.75, 3.05) is 6.54 Å². The Balaban J connectivity index is 1.50. The third-order valence-electron chi connectivity index (χ3n) is 5.55. The summed E-state index contributed by atoms with van der Waals surface area (Å²) in [6.07, 6.45) is 7.03. The average molecular weight is 353 g/mol. The lowest BCUT2D eigenvalue weighted by molar-refractivity contribution is -0.135. The molecule has 1 N–H and O–H groups in total. The summed E-state index contributed by atoms with van der Waals surface area (Å²) >= 11 is 0. The zero-order valence-electron chi connectivity index (χ0n) is 14.3. The van der Waals surface area contributed by atoms with E-state index < -0.39 is 6.17 Å². The molecule has 0 radical (unpaired) electrons. The van der Waals surface area contributed by atoms with Crippen LogP contribution in [0.4, 0.5) is 4.39 Å². The Morgan fingerprint density at radius 2 is 2.23 bits per heavy atom. The van der Waals surface area contributed by atoms with Crippen molar-refractivity contribution in [1.82, 2.24) is 24.3 Å². The molecule has 3 aromatic rings. The largest absolute Gasteiger partial charge is 0.348 e. The van der Waals surface area contributed by atoms with E-state index in [1.165, 1.54) is 0 Å². The Kier molecular flexibility index (Phi) is 3.55. The van der Waals surface area contributed by atoms with Gasteiger partial charge in [-0.2, -0.15) is 0 Å². The van der Waals surface area contributed by atoms with Gasteiger partial charge in [0, 0.05) is 37.5 Å². The summed E-state index contributed by atoms with van der Waals surface area (Å²) in [5, 5.41) is 0. The minimum atomic E-state index is -0.735. The van der Waals surface area contributed by atoms with E-state index in [0.717, 1.165) is 29.1 Å². The van der Waals surface area contributed by atoms with Crippen LogP contribution in [0.15, 0.2) is 36.9 Å². The predicted octanol–water partition coefficient (Wildman–Crippen LogP) is 2.67. The van der Waals surface area contributed by atoms with Crippen LogP contribution < -0.4 is 0 Å². The van der Waals surface area contributed by atoms with Crippen LogP contribution in [0.1, 0.15) is 42.4 Å².